The lowest BCUT2D eigenvalue weighted by Gasteiger charge is -2.17. The van der Waals surface area contributed by atoms with E-state index in [-0.39, 0.29) is 6.04 Å². The Morgan fingerprint density at radius 2 is 1.95 bits per heavy atom. The molecule has 0 spiro atoms. The normalized spacial score (nSPS) is 15.8. The van der Waals surface area contributed by atoms with Gasteiger partial charge in [-0.3, -0.25) is 5.84 Å². The summed E-state index contributed by atoms with van der Waals surface area (Å²) in [7, 11) is 0. The Hall–Kier alpha value is -1.56. The van der Waals surface area contributed by atoms with Crippen LogP contribution in [0.1, 0.15) is 23.6 Å². The molecule has 4 nitrogen and oxygen atoms in total. The van der Waals surface area contributed by atoms with Crippen LogP contribution in [0.15, 0.2) is 35.0 Å². The molecule has 1 aromatic heterocycles. The molecule has 0 amide bonds. The molecule has 0 fully saturated rings. The summed E-state index contributed by atoms with van der Waals surface area (Å²) in [5, 5.41) is 4.14. The highest BCUT2D eigenvalue weighted by Gasteiger charge is 2.17. The lowest BCUT2D eigenvalue weighted by Crippen LogP contribution is -2.28. The van der Waals surface area contributed by atoms with Gasteiger partial charge in [0.2, 0.25) is 0 Å². The first-order valence-corrected chi connectivity index (χ1v) is 7.20. The van der Waals surface area contributed by atoms with E-state index in [4.69, 9.17) is 15.3 Å². The number of ether oxygens (including phenoxy) is 2. The van der Waals surface area contributed by atoms with Crippen molar-refractivity contribution in [3.05, 3.63) is 46.2 Å². The molecule has 1 aromatic carbocycles. The van der Waals surface area contributed by atoms with Gasteiger partial charge in [0.15, 0.2) is 11.5 Å². The van der Waals surface area contributed by atoms with Gasteiger partial charge in [-0.2, -0.15) is 11.3 Å². The van der Waals surface area contributed by atoms with E-state index in [9.17, 15) is 0 Å². The number of thiophene rings is 1. The summed E-state index contributed by atoms with van der Waals surface area (Å²) in [6, 6.07) is 8.02. The summed E-state index contributed by atoms with van der Waals surface area (Å²) in [6.07, 6.45) is 0.910. The summed E-state index contributed by atoms with van der Waals surface area (Å²) >= 11 is 1.66. The van der Waals surface area contributed by atoms with Crippen molar-refractivity contribution in [1.29, 1.82) is 0 Å². The zero-order chi connectivity index (χ0) is 13.1. The minimum Gasteiger partial charge on any atom is -0.490 e. The highest BCUT2D eigenvalue weighted by atomic mass is 32.1. The molecule has 100 valence electrons. The standard InChI is InChI=1S/C14H16N2O2S/c15-16-14(11-4-7-19-9-11)10-2-3-12-13(8-10)18-6-1-5-17-12/h2-4,7-9,14,16H,1,5-6,15H2. The molecule has 3 rings (SSSR count). The van der Waals surface area contributed by atoms with E-state index in [0.29, 0.717) is 13.2 Å². The second-order valence-electron chi connectivity index (χ2n) is 4.41. The Bertz CT molecular complexity index is 542. The fraction of sp³-hybridized carbons (Fsp3) is 0.286. The highest BCUT2D eigenvalue weighted by Crippen LogP contribution is 2.34. The van der Waals surface area contributed by atoms with Crippen LogP contribution >= 0.6 is 11.3 Å². The van der Waals surface area contributed by atoms with Crippen LogP contribution in [0.5, 0.6) is 11.5 Å². The van der Waals surface area contributed by atoms with Crippen molar-refractivity contribution in [2.24, 2.45) is 5.84 Å². The molecular formula is C14H16N2O2S. The first-order valence-electron chi connectivity index (χ1n) is 6.26. The summed E-state index contributed by atoms with van der Waals surface area (Å²) in [5.41, 5.74) is 5.08. The fourth-order valence-corrected chi connectivity index (χ4v) is 2.87. The molecule has 0 aliphatic carbocycles. The first kappa shape index (κ1) is 12.5. The Morgan fingerprint density at radius 3 is 2.68 bits per heavy atom. The van der Waals surface area contributed by atoms with Gasteiger partial charge in [0.1, 0.15) is 0 Å². The third kappa shape index (κ3) is 2.58. The van der Waals surface area contributed by atoms with E-state index >= 15 is 0 Å². The lowest BCUT2D eigenvalue weighted by atomic mass is 10.0. The maximum Gasteiger partial charge on any atom is 0.161 e. The number of rotatable bonds is 3. The van der Waals surface area contributed by atoms with Gasteiger partial charge in [0.25, 0.3) is 0 Å². The van der Waals surface area contributed by atoms with Crippen molar-refractivity contribution in [3.63, 3.8) is 0 Å². The minimum atomic E-state index is -0.0246. The highest BCUT2D eigenvalue weighted by molar-refractivity contribution is 7.08. The van der Waals surface area contributed by atoms with Crippen molar-refractivity contribution >= 4 is 11.3 Å². The lowest BCUT2D eigenvalue weighted by molar-refractivity contribution is 0.297. The zero-order valence-electron chi connectivity index (χ0n) is 10.5. The Morgan fingerprint density at radius 1 is 1.11 bits per heavy atom. The number of nitrogens with one attached hydrogen (secondary N) is 1. The fourth-order valence-electron chi connectivity index (χ4n) is 2.18. The van der Waals surface area contributed by atoms with Crippen molar-refractivity contribution in [2.75, 3.05) is 13.2 Å². The molecule has 1 aliphatic heterocycles. The molecule has 5 heteroatoms. The van der Waals surface area contributed by atoms with Crippen molar-refractivity contribution in [3.8, 4) is 11.5 Å². The molecule has 19 heavy (non-hydrogen) atoms. The quantitative estimate of drug-likeness (QED) is 0.668. The third-order valence-corrected chi connectivity index (χ3v) is 3.85. The summed E-state index contributed by atoms with van der Waals surface area (Å²) in [6.45, 7) is 1.39. The first-order chi connectivity index (χ1) is 9.38. The van der Waals surface area contributed by atoms with Gasteiger partial charge in [-0.1, -0.05) is 6.07 Å². The van der Waals surface area contributed by atoms with Gasteiger partial charge in [-0.15, -0.1) is 0 Å². The maximum atomic E-state index is 5.71. The maximum absolute atomic E-state index is 5.71. The van der Waals surface area contributed by atoms with Crippen LogP contribution in [0, 0.1) is 0 Å². The van der Waals surface area contributed by atoms with Crippen molar-refractivity contribution < 1.29 is 9.47 Å². The van der Waals surface area contributed by atoms with E-state index in [1.165, 1.54) is 0 Å². The summed E-state index contributed by atoms with van der Waals surface area (Å²) < 4.78 is 11.3. The molecule has 2 aromatic rings. The molecule has 0 bridgehead atoms. The molecule has 0 saturated heterocycles. The second-order valence-corrected chi connectivity index (χ2v) is 5.19. The van der Waals surface area contributed by atoms with E-state index in [0.717, 1.165) is 29.0 Å². The molecule has 1 unspecified atom stereocenters. The van der Waals surface area contributed by atoms with E-state index in [1.54, 1.807) is 11.3 Å². The summed E-state index contributed by atoms with van der Waals surface area (Å²) in [5.74, 6) is 7.29. The smallest absolute Gasteiger partial charge is 0.161 e. The Labute approximate surface area is 116 Å². The SMILES string of the molecule is NNC(c1ccsc1)c1ccc2c(c1)OCCCO2. The average molecular weight is 276 g/mol. The van der Waals surface area contributed by atoms with Crippen LogP contribution in [0.3, 0.4) is 0 Å². The van der Waals surface area contributed by atoms with Crippen molar-refractivity contribution in [1.82, 2.24) is 5.43 Å². The van der Waals surface area contributed by atoms with Crippen LogP contribution < -0.4 is 20.7 Å². The average Bonchev–Trinajstić information content (AvgIpc) is 2.85. The Balaban J connectivity index is 1.94. The minimum absolute atomic E-state index is 0.0246. The molecular weight excluding hydrogens is 260 g/mol. The van der Waals surface area contributed by atoms with Gasteiger partial charge < -0.3 is 9.47 Å². The van der Waals surface area contributed by atoms with Crippen LogP contribution in [0.4, 0.5) is 0 Å². The largest absolute Gasteiger partial charge is 0.490 e. The summed E-state index contributed by atoms with van der Waals surface area (Å²) in [4.78, 5) is 0. The van der Waals surface area contributed by atoms with E-state index < -0.39 is 0 Å². The number of hydrogen-bond acceptors (Lipinski definition) is 5. The van der Waals surface area contributed by atoms with Gasteiger partial charge in [0, 0.05) is 6.42 Å². The third-order valence-electron chi connectivity index (χ3n) is 3.15. The number of hydrazine groups is 1. The van der Waals surface area contributed by atoms with E-state index in [1.807, 2.05) is 23.6 Å². The van der Waals surface area contributed by atoms with Gasteiger partial charge in [-0.25, -0.2) is 5.43 Å². The van der Waals surface area contributed by atoms with Crippen LogP contribution in [0.2, 0.25) is 0 Å². The van der Waals surface area contributed by atoms with Gasteiger partial charge in [0.05, 0.1) is 19.3 Å². The van der Waals surface area contributed by atoms with Crippen LogP contribution in [-0.4, -0.2) is 13.2 Å². The zero-order valence-corrected chi connectivity index (χ0v) is 11.3. The molecule has 1 aliphatic rings. The molecule has 0 saturated carbocycles. The number of nitrogens with two attached hydrogens (primary N) is 1. The molecule has 1 atom stereocenters. The van der Waals surface area contributed by atoms with Gasteiger partial charge in [-0.05, 0) is 40.1 Å². The predicted molar refractivity (Wildman–Crippen MR) is 75.5 cm³/mol. The monoisotopic (exact) mass is 276 g/mol. The van der Waals surface area contributed by atoms with Gasteiger partial charge >= 0.3 is 0 Å². The molecule has 2 heterocycles. The molecule has 0 radical (unpaired) electrons. The second kappa shape index (κ2) is 5.61. The number of hydrogen-bond donors (Lipinski definition) is 2. The number of benzene rings is 1. The van der Waals surface area contributed by atoms with Crippen LogP contribution in [-0.2, 0) is 0 Å². The predicted octanol–water partition coefficient (Wildman–Crippen LogP) is 2.46. The van der Waals surface area contributed by atoms with Crippen LogP contribution in [0.25, 0.3) is 0 Å². The number of fused-ring (bicyclic) bond motifs is 1. The molecule has 3 N–H and O–H groups in total. The topological polar surface area (TPSA) is 56.5 Å². The van der Waals surface area contributed by atoms with Crippen molar-refractivity contribution in [2.45, 2.75) is 12.5 Å². The Kier molecular flexibility index (Phi) is 3.68. The van der Waals surface area contributed by atoms with E-state index in [2.05, 4.69) is 16.9 Å².